The van der Waals surface area contributed by atoms with Crippen molar-refractivity contribution in [3.8, 4) is 11.5 Å². The lowest BCUT2D eigenvalue weighted by Gasteiger charge is -2.39. The van der Waals surface area contributed by atoms with Crippen molar-refractivity contribution >= 4 is 17.5 Å². The van der Waals surface area contributed by atoms with Crippen LogP contribution in [0.3, 0.4) is 0 Å². The summed E-state index contributed by atoms with van der Waals surface area (Å²) in [7, 11) is 0. The topological polar surface area (TPSA) is 70.7 Å². The second kappa shape index (κ2) is 14.2. The molecule has 37 heavy (non-hydrogen) atoms. The van der Waals surface area contributed by atoms with Crippen molar-refractivity contribution in [2.75, 3.05) is 25.0 Å². The van der Waals surface area contributed by atoms with Crippen LogP contribution in [0, 0.1) is 5.92 Å². The number of hydrogen-bond acceptors (Lipinski definition) is 4. The van der Waals surface area contributed by atoms with Gasteiger partial charge in [0.25, 0.3) is 5.91 Å². The first-order chi connectivity index (χ1) is 18.1. The summed E-state index contributed by atoms with van der Waals surface area (Å²) in [6.45, 7) is 4.76. The van der Waals surface area contributed by atoms with E-state index in [-0.39, 0.29) is 17.9 Å². The molecule has 0 spiro atoms. The molecule has 0 radical (unpaired) electrons. The number of amides is 2. The summed E-state index contributed by atoms with van der Waals surface area (Å²) in [5.74, 6) is 1.80. The summed E-state index contributed by atoms with van der Waals surface area (Å²) in [6.07, 6.45) is 14.4. The number of anilines is 1. The first-order valence-corrected chi connectivity index (χ1v) is 14.3. The van der Waals surface area contributed by atoms with E-state index in [9.17, 15) is 9.59 Å². The second-order valence-corrected chi connectivity index (χ2v) is 10.7. The van der Waals surface area contributed by atoms with Gasteiger partial charge in [0.15, 0.2) is 0 Å². The number of ether oxygens (including phenoxy) is 1. The van der Waals surface area contributed by atoms with E-state index in [0.717, 1.165) is 25.3 Å². The molecule has 2 unspecified atom stereocenters. The van der Waals surface area contributed by atoms with Crippen molar-refractivity contribution in [2.45, 2.75) is 83.6 Å². The number of benzene rings is 2. The van der Waals surface area contributed by atoms with Crippen molar-refractivity contribution in [1.82, 2.24) is 10.2 Å². The Bertz CT molecular complexity index is 986. The van der Waals surface area contributed by atoms with Crippen LogP contribution in [0.4, 0.5) is 5.69 Å². The van der Waals surface area contributed by atoms with Gasteiger partial charge in [-0.15, -0.1) is 0 Å². The van der Waals surface area contributed by atoms with Gasteiger partial charge in [-0.25, -0.2) is 0 Å². The number of rotatable bonds is 5. The highest BCUT2D eigenvalue weighted by atomic mass is 16.5. The highest BCUT2D eigenvalue weighted by Gasteiger charge is 2.30. The molecule has 3 fully saturated rings. The number of carbonyl (C=O) groups excluding carboxylic acids is 2. The Labute approximate surface area is 222 Å². The molecule has 6 nitrogen and oxygen atoms in total. The van der Waals surface area contributed by atoms with E-state index in [2.05, 4.69) is 15.5 Å². The van der Waals surface area contributed by atoms with Crippen LogP contribution in [-0.4, -0.2) is 42.4 Å². The number of nitrogens with zero attached hydrogens (tertiary/aromatic N) is 1. The van der Waals surface area contributed by atoms with E-state index in [1.165, 1.54) is 77.6 Å². The molecule has 3 aliphatic heterocycles. The third kappa shape index (κ3) is 8.89. The Hall–Kier alpha value is -2.86. The second-order valence-electron chi connectivity index (χ2n) is 10.7. The van der Waals surface area contributed by atoms with Gasteiger partial charge in [0.1, 0.15) is 11.5 Å². The van der Waals surface area contributed by atoms with Crippen LogP contribution >= 0.6 is 0 Å². The fourth-order valence-corrected chi connectivity index (χ4v) is 5.63. The Morgan fingerprint density at radius 3 is 2.00 bits per heavy atom. The zero-order valence-corrected chi connectivity index (χ0v) is 22.3. The van der Waals surface area contributed by atoms with Crippen LogP contribution in [0.15, 0.2) is 48.5 Å². The average Bonchev–Trinajstić information content (AvgIpc) is 2.90. The maximum absolute atomic E-state index is 13.2. The van der Waals surface area contributed by atoms with Crippen LogP contribution in [0.1, 0.15) is 87.9 Å². The molecular formula is C31H43N3O3. The third-order valence-corrected chi connectivity index (χ3v) is 7.73. The number of hydrogen-bond donors (Lipinski definition) is 2. The summed E-state index contributed by atoms with van der Waals surface area (Å²) < 4.78 is 5.92. The van der Waals surface area contributed by atoms with Gasteiger partial charge in [-0.1, -0.05) is 51.4 Å². The molecule has 2 aromatic carbocycles. The number of piperidine rings is 1. The maximum atomic E-state index is 13.2. The minimum Gasteiger partial charge on any atom is -0.457 e. The zero-order chi connectivity index (χ0) is 25.9. The molecule has 3 saturated heterocycles. The molecular weight excluding hydrogens is 462 g/mol. The van der Waals surface area contributed by atoms with E-state index in [4.69, 9.17) is 4.74 Å². The van der Waals surface area contributed by atoms with E-state index < -0.39 is 0 Å². The normalized spacial score (nSPS) is 23.3. The molecule has 2 N–H and O–H groups in total. The lowest BCUT2D eigenvalue weighted by molar-refractivity contribution is -0.114. The monoisotopic (exact) mass is 505 g/mol. The lowest BCUT2D eigenvalue weighted by atomic mass is 9.86. The van der Waals surface area contributed by atoms with Crippen molar-refractivity contribution in [3.05, 3.63) is 54.1 Å². The molecule has 2 bridgehead atoms. The molecule has 0 aliphatic carbocycles. The number of nitrogens with one attached hydrogen (secondary N) is 2. The van der Waals surface area contributed by atoms with E-state index in [0.29, 0.717) is 23.0 Å². The number of fused-ring (bicyclic) bond motifs is 12. The van der Waals surface area contributed by atoms with E-state index in [1.54, 1.807) is 12.1 Å². The Balaban J connectivity index is 1.33. The van der Waals surface area contributed by atoms with Gasteiger partial charge < -0.3 is 20.3 Å². The predicted octanol–water partition coefficient (Wildman–Crippen LogP) is 6.77. The van der Waals surface area contributed by atoms with Crippen LogP contribution in [0.25, 0.3) is 0 Å². The average molecular weight is 506 g/mol. The van der Waals surface area contributed by atoms with Crippen LogP contribution in [0.5, 0.6) is 11.5 Å². The maximum Gasteiger partial charge on any atom is 0.251 e. The Morgan fingerprint density at radius 1 is 0.757 bits per heavy atom. The summed E-state index contributed by atoms with van der Waals surface area (Å²) in [5, 5.41) is 6.14. The van der Waals surface area contributed by atoms with Crippen LogP contribution in [0.2, 0.25) is 0 Å². The van der Waals surface area contributed by atoms with Gasteiger partial charge in [-0.05, 0) is 86.8 Å². The van der Waals surface area contributed by atoms with Crippen molar-refractivity contribution in [2.24, 2.45) is 5.92 Å². The van der Waals surface area contributed by atoms with Gasteiger partial charge in [-0.3, -0.25) is 9.59 Å². The van der Waals surface area contributed by atoms with Gasteiger partial charge in [0.2, 0.25) is 5.91 Å². The Kier molecular flexibility index (Phi) is 10.4. The third-order valence-electron chi connectivity index (χ3n) is 7.73. The van der Waals surface area contributed by atoms with E-state index in [1.807, 2.05) is 36.4 Å². The van der Waals surface area contributed by atoms with Gasteiger partial charge in [-0.2, -0.15) is 0 Å². The van der Waals surface area contributed by atoms with Crippen molar-refractivity contribution in [3.63, 3.8) is 0 Å². The summed E-state index contributed by atoms with van der Waals surface area (Å²) in [4.78, 5) is 26.9. The van der Waals surface area contributed by atoms with E-state index >= 15 is 0 Å². The molecule has 2 aromatic rings. The van der Waals surface area contributed by atoms with Crippen molar-refractivity contribution in [1.29, 1.82) is 0 Å². The molecule has 200 valence electrons. The number of carbonyl (C=O) groups is 2. The molecule has 2 amide bonds. The molecule has 0 saturated carbocycles. The Morgan fingerprint density at radius 2 is 1.35 bits per heavy atom. The standard InChI is InChI=1S/C31H43N3O3/c1-24(35)32-27-14-18-29(19-15-27)37-28-16-12-26(13-17-28)31(36)33-30-23-34-21-10-8-6-4-2-3-5-7-9-11-25(30)20-22-34/h12-19,25,30H,2-11,20-23H2,1H3,(H,32,35)(H,33,36)/t25-,30?/m0/s1. The molecule has 6 heteroatoms. The minimum absolute atomic E-state index is 0.000904. The zero-order valence-electron chi connectivity index (χ0n) is 22.3. The SMILES string of the molecule is CC(=O)Nc1ccc(Oc2ccc(C(=O)NC3CN4CCCCCCCCCCC[C@H]3CC4)cc2)cc1. The van der Waals surface area contributed by atoms with Gasteiger partial charge in [0.05, 0.1) is 0 Å². The molecule has 3 heterocycles. The lowest BCUT2D eigenvalue weighted by Crippen LogP contribution is -2.52. The molecule has 0 aromatic heterocycles. The smallest absolute Gasteiger partial charge is 0.251 e. The van der Waals surface area contributed by atoms with Crippen LogP contribution < -0.4 is 15.4 Å². The van der Waals surface area contributed by atoms with Gasteiger partial charge >= 0.3 is 0 Å². The predicted molar refractivity (Wildman–Crippen MR) is 149 cm³/mol. The minimum atomic E-state index is -0.106. The fourth-order valence-electron chi connectivity index (χ4n) is 5.63. The highest BCUT2D eigenvalue weighted by molar-refractivity contribution is 5.94. The summed E-state index contributed by atoms with van der Waals surface area (Å²) >= 11 is 0. The van der Waals surface area contributed by atoms with Crippen molar-refractivity contribution < 1.29 is 14.3 Å². The molecule has 3 aliphatic rings. The highest BCUT2D eigenvalue weighted by Crippen LogP contribution is 2.27. The van der Waals surface area contributed by atoms with Crippen LogP contribution in [-0.2, 0) is 4.79 Å². The fraction of sp³-hybridized carbons (Fsp3) is 0.548. The first-order valence-electron chi connectivity index (χ1n) is 14.3. The van der Waals surface area contributed by atoms with Gasteiger partial charge in [0, 0.05) is 30.8 Å². The molecule has 3 atom stereocenters. The largest absolute Gasteiger partial charge is 0.457 e. The molecule has 5 rings (SSSR count). The summed E-state index contributed by atoms with van der Waals surface area (Å²) in [5.41, 5.74) is 1.39. The first kappa shape index (κ1) is 27.2. The quantitative estimate of drug-likeness (QED) is 0.470. The summed E-state index contributed by atoms with van der Waals surface area (Å²) in [6, 6.07) is 14.8.